The number of carbonyl (C=O) groups is 4. The van der Waals surface area contributed by atoms with Crippen molar-refractivity contribution >= 4 is 35.6 Å². The zero-order chi connectivity index (χ0) is 18.8. The highest BCUT2D eigenvalue weighted by Gasteiger charge is 2.67. The maximum atomic E-state index is 12.8. The van der Waals surface area contributed by atoms with Crippen LogP contribution in [0.4, 0.5) is 4.79 Å². The van der Waals surface area contributed by atoms with Crippen LogP contribution < -0.4 is 5.32 Å². The first kappa shape index (κ1) is 16.9. The first-order valence-electron chi connectivity index (χ1n) is 8.15. The Morgan fingerprint density at radius 3 is 2.42 bits per heavy atom. The van der Waals surface area contributed by atoms with Gasteiger partial charge in [-0.25, -0.2) is 14.5 Å². The number of nitrogens with zero attached hydrogens (tertiary/aromatic N) is 2. The molecule has 3 aliphatic heterocycles. The number of β-lactam (4-membered cyclic amide) rings is 1. The molecule has 3 saturated heterocycles. The molecule has 1 aromatic rings. The van der Waals surface area contributed by atoms with Crippen molar-refractivity contribution < 1.29 is 24.3 Å². The zero-order valence-corrected chi connectivity index (χ0v) is 14.9. The van der Waals surface area contributed by atoms with Crippen molar-refractivity contribution in [2.24, 2.45) is 0 Å². The van der Waals surface area contributed by atoms with Crippen LogP contribution in [0.2, 0.25) is 0 Å². The van der Waals surface area contributed by atoms with Crippen molar-refractivity contribution in [2.75, 3.05) is 0 Å². The van der Waals surface area contributed by atoms with E-state index in [4.69, 9.17) is 0 Å². The third-order valence-corrected chi connectivity index (χ3v) is 6.59. The van der Waals surface area contributed by atoms with Gasteiger partial charge in [0.2, 0.25) is 0 Å². The van der Waals surface area contributed by atoms with Gasteiger partial charge in [0.25, 0.3) is 11.8 Å². The molecule has 3 aliphatic rings. The van der Waals surface area contributed by atoms with E-state index in [1.54, 1.807) is 44.2 Å². The number of thioether (sulfide) groups is 1. The van der Waals surface area contributed by atoms with Crippen LogP contribution in [0.3, 0.4) is 0 Å². The lowest BCUT2D eigenvalue weighted by atomic mass is 9.95. The van der Waals surface area contributed by atoms with Gasteiger partial charge in [-0.05, 0) is 19.4 Å². The minimum absolute atomic E-state index is 0.489. The number of nitrogens with one attached hydrogen (secondary N) is 1. The summed E-state index contributed by atoms with van der Waals surface area (Å²) in [5, 5.41) is 11.5. The van der Waals surface area contributed by atoms with Crippen molar-refractivity contribution in [3.63, 3.8) is 0 Å². The lowest BCUT2D eigenvalue weighted by molar-refractivity contribution is -0.165. The van der Waals surface area contributed by atoms with E-state index in [9.17, 15) is 24.3 Å². The number of imide groups is 1. The maximum absolute atomic E-state index is 12.8. The van der Waals surface area contributed by atoms with Crippen molar-refractivity contribution in [1.29, 1.82) is 0 Å². The summed E-state index contributed by atoms with van der Waals surface area (Å²) in [7, 11) is 0. The van der Waals surface area contributed by atoms with Crippen molar-refractivity contribution in [2.45, 2.75) is 42.1 Å². The highest BCUT2D eigenvalue weighted by Crippen LogP contribution is 2.52. The number of fused-ring (bicyclic) bond motifs is 1. The average Bonchev–Trinajstić information content (AvgIpc) is 3.01. The Morgan fingerprint density at radius 2 is 1.81 bits per heavy atom. The summed E-state index contributed by atoms with van der Waals surface area (Å²) in [4.78, 5) is 51.7. The second-order valence-electron chi connectivity index (χ2n) is 7.04. The summed E-state index contributed by atoms with van der Waals surface area (Å²) in [5.74, 6) is -2.08. The highest BCUT2D eigenvalue weighted by molar-refractivity contribution is 8.01. The van der Waals surface area contributed by atoms with Gasteiger partial charge in [0.15, 0.2) is 0 Å². The van der Waals surface area contributed by atoms with Gasteiger partial charge in [0.05, 0.1) is 0 Å². The standard InChI is InChI=1S/C17H17N3O5S/c1-17(2)11(15(23)24)20-13(22)10(14(20)26-17)19-12(21)9(18-16(19)25)8-6-4-3-5-7-8/h3-7,9-11,14H,1-2H3,(H,18,25)(H,23,24)/t9-,10-,11+,14-/m1/s1. The predicted molar refractivity (Wildman–Crippen MR) is 92.1 cm³/mol. The Labute approximate surface area is 153 Å². The van der Waals surface area contributed by atoms with Crippen LogP contribution in [0, 0.1) is 0 Å². The molecular formula is C17H17N3O5S. The third kappa shape index (κ3) is 2.16. The van der Waals surface area contributed by atoms with E-state index in [0.29, 0.717) is 5.56 Å². The maximum Gasteiger partial charge on any atom is 0.327 e. The molecule has 0 bridgehead atoms. The number of carboxylic acids is 1. The quantitative estimate of drug-likeness (QED) is 0.598. The fourth-order valence-corrected chi connectivity index (χ4v) is 5.53. The molecule has 26 heavy (non-hydrogen) atoms. The first-order valence-corrected chi connectivity index (χ1v) is 9.03. The Hall–Kier alpha value is -2.55. The van der Waals surface area contributed by atoms with Crippen LogP contribution >= 0.6 is 11.8 Å². The summed E-state index contributed by atoms with van der Waals surface area (Å²) in [6.45, 7) is 3.50. The number of hydrogen-bond acceptors (Lipinski definition) is 5. The number of amides is 4. The van der Waals surface area contributed by atoms with Crippen molar-refractivity contribution in [3.05, 3.63) is 35.9 Å². The molecule has 3 heterocycles. The fraction of sp³-hybridized carbons (Fsp3) is 0.412. The van der Waals surface area contributed by atoms with Gasteiger partial charge in [-0.15, -0.1) is 11.8 Å². The lowest BCUT2D eigenvalue weighted by Crippen LogP contribution is -2.71. The highest BCUT2D eigenvalue weighted by atomic mass is 32.2. The van der Waals surface area contributed by atoms with Gasteiger partial charge in [-0.2, -0.15) is 0 Å². The number of carboxylic acid groups (broad SMARTS) is 1. The summed E-state index contributed by atoms with van der Waals surface area (Å²) in [5.41, 5.74) is 0.639. The monoisotopic (exact) mass is 375 g/mol. The molecule has 4 rings (SSSR count). The molecular weight excluding hydrogens is 358 g/mol. The Morgan fingerprint density at radius 1 is 1.15 bits per heavy atom. The Balaban J connectivity index is 1.62. The number of aliphatic carboxylic acids is 1. The molecule has 9 heteroatoms. The van der Waals surface area contributed by atoms with Gasteiger partial charge < -0.3 is 15.3 Å². The van der Waals surface area contributed by atoms with E-state index < -0.39 is 52.1 Å². The average molecular weight is 375 g/mol. The molecule has 0 unspecified atom stereocenters. The molecule has 136 valence electrons. The van der Waals surface area contributed by atoms with Gasteiger partial charge in [-0.3, -0.25) is 9.59 Å². The minimum atomic E-state index is -1.09. The smallest absolute Gasteiger partial charge is 0.327 e. The topological polar surface area (TPSA) is 107 Å². The minimum Gasteiger partial charge on any atom is -0.480 e. The van der Waals surface area contributed by atoms with E-state index in [-0.39, 0.29) is 0 Å². The van der Waals surface area contributed by atoms with Crippen LogP contribution in [-0.2, 0) is 14.4 Å². The van der Waals surface area contributed by atoms with Gasteiger partial charge in [0, 0.05) is 4.75 Å². The number of carbonyl (C=O) groups excluding carboxylic acids is 3. The van der Waals surface area contributed by atoms with Crippen LogP contribution in [0.1, 0.15) is 25.5 Å². The summed E-state index contributed by atoms with van der Waals surface area (Å²) in [6, 6.07) is 5.39. The molecule has 0 spiro atoms. The normalized spacial score (nSPS) is 32.3. The predicted octanol–water partition coefficient (Wildman–Crippen LogP) is 0.795. The largest absolute Gasteiger partial charge is 0.480 e. The number of rotatable bonds is 3. The molecule has 0 radical (unpaired) electrons. The first-order chi connectivity index (χ1) is 12.2. The van der Waals surface area contributed by atoms with E-state index in [2.05, 4.69) is 5.32 Å². The zero-order valence-electron chi connectivity index (χ0n) is 14.1. The summed E-state index contributed by atoms with van der Waals surface area (Å²) >= 11 is 1.30. The van der Waals surface area contributed by atoms with E-state index in [1.807, 2.05) is 0 Å². The molecule has 0 aromatic heterocycles. The van der Waals surface area contributed by atoms with Gasteiger partial charge >= 0.3 is 12.0 Å². The SMILES string of the molecule is CC1(C)S[C@@H]2[C@H](N3C(=O)N[C@H](c4ccccc4)C3=O)C(=O)N2[C@H]1C(=O)O. The second kappa shape index (κ2) is 5.47. The summed E-state index contributed by atoms with van der Waals surface area (Å²) in [6.07, 6.45) is 0. The van der Waals surface area contributed by atoms with Crippen molar-refractivity contribution in [3.8, 4) is 0 Å². The number of hydrogen-bond donors (Lipinski definition) is 2. The lowest BCUT2D eigenvalue weighted by Gasteiger charge is -2.45. The van der Waals surface area contributed by atoms with E-state index in [0.717, 1.165) is 4.90 Å². The fourth-order valence-electron chi connectivity index (χ4n) is 3.86. The van der Waals surface area contributed by atoms with Gasteiger partial charge in [0.1, 0.15) is 23.5 Å². The number of urea groups is 1. The molecule has 0 aliphatic carbocycles. The van der Waals surface area contributed by atoms with Crippen LogP contribution in [0.15, 0.2) is 30.3 Å². The summed E-state index contributed by atoms with van der Waals surface area (Å²) < 4.78 is -0.709. The Kier molecular flexibility index (Phi) is 3.56. The van der Waals surface area contributed by atoms with Crippen molar-refractivity contribution in [1.82, 2.24) is 15.1 Å². The third-order valence-electron chi connectivity index (χ3n) is 5.03. The molecule has 0 saturated carbocycles. The number of benzene rings is 1. The van der Waals surface area contributed by atoms with E-state index >= 15 is 0 Å². The molecule has 4 atom stereocenters. The van der Waals surface area contributed by atoms with E-state index in [1.165, 1.54) is 16.7 Å². The van der Waals surface area contributed by atoms with Crippen LogP contribution in [0.5, 0.6) is 0 Å². The molecule has 1 aromatic carbocycles. The molecule has 8 nitrogen and oxygen atoms in total. The van der Waals surface area contributed by atoms with Crippen LogP contribution in [0.25, 0.3) is 0 Å². The van der Waals surface area contributed by atoms with Gasteiger partial charge in [-0.1, -0.05) is 30.3 Å². The second-order valence-corrected chi connectivity index (χ2v) is 8.82. The van der Waals surface area contributed by atoms with Crippen LogP contribution in [-0.4, -0.2) is 60.9 Å². The molecule has 4 amide bonds. The Bertz CT molecular complexity index is 827. The molecule has 2 N–H and O–H groups in total. The molecule has 3 fully saturated rings.